The van der Waals surface area contributed by atoms with E-state index in [0.717, 1.165) is 89.9 Å². The van der Waals surface area contributed by atoms with Crippen molar-refractivity contribution in [3.05, 3.63) is 48.6 Å². The molecule has 0 aliphatic heterocycles. The largest absolute Gasteiger partial charge is 0.462 e. The number of ether oxygens (including phenoxy) is 3. The Morgan fingerprint density at radius 1 is 0.274 bits per heavy atom. The molecule has 0 fully saturated rings. The molecule has 0 heterocycles. The maximum atomic E-state index is 12.8. The first kappa shape index (κ1) is 70.4. The monoisotopic (exact) mass is 1020 g/mol. The molecule has 0 saturated carbocycles. The van der Waals surface area contributed by atoms with Crippen molar-refractivity contribution in [1.29, 1.82) is 0 Å². The van der Waals surface area contributed by atoms with Crippen LogP contribution < -0.4 is 0 Å². The van der Waals surface area contributed by atoms with Crippen LogP contribution in [0.1, 0.15) is 342 Å². The number of esters is 3. The van der Waals surface area contributed by atoms with Gasteiger partial charge in [-0.25, -0.2) is 0 Å². The van der Waals surface area contributed by atoms with Crippen LogP contribution in [0.3, 0.4) is 0 Å². The molecular formula is C67H122O6. The highest BCUT2D eigenvalue weighted by Gasteiger charge is 2.19. The van der Waals surface area contributed by atoms with Gasteiger partial charge in [-0.05, 0) is 83.5 Å². The zero-order valence-electron chi connectivity index (χ0n) is 48.9. The summed E-state index contributed by atoms with van der Waals surface area (Å²) in [5, 5.41) is 0. The third-order valence-electron chi connectivity index (χ3n) is 14.3. The third-order valence-corrected chi connectivity index (χ3v) is 14.3. The second-order valence-electron chi connectivity index (χ2n) is 21.7. The first-order chi connectivity index (χ1) is 36.0. The predicted octanol–water partition coefficient (Wildman–Crippen LogP) is 21.8. The molecule has 0 aliphatic rings. The molecule has 0 radical (unpaired) electrons. The van der Waals surface area contributed by atoms with Crippen molar-refractivity contribution in [2.45, 2.75) is 348 Å². The second-order valence-corrected chi connectivity index (χ2v) is 21.7. The molecule has 0 bridgehead atoms. The minimum Gasteiger partial charge on any atom is -0.462 e. The van der Waals surface area contributed by atoms with E-state index in [9.17, 15) is 14.4 Å². The van der Waals surface area contributed by atoms with E-state index in [1.54, 1.807) is 0 Å². The Kier molecular flexibility index (Phi) is 59.7. The van der Waals surface area contributed by atoms with Gasteiger partial charge in [0, 0.05) is 19.3 Å². The van der Waals surface area contributed by atoms with E-state index in [0.29, 0.717) is 19.3 Å². The second kappa shape index (κ2) is 61.9. The van der Waals surface area contributed by atoms with Gasteiger partial charge < -0.3 is 14.2 Å². The highest BCUT2D eigenvalue weighted by atomic mass is 16.6. The van der Waals surface area contributed by atoms with Crippen LogP contribution in [0.4, 0.5) is 0 Å². The van der Waals surface area contributed by atoms with Crippen LogP contribution in [0.5, 0.6) is 0 Å². The predicted molar refractivity (Wildman–Crippen MR) is 316 cm³/mol. The summed E-state index contributed by atoms with van der Waals surface area (Å²) in [6.07, 6.45) is 77.2. The Hall–Kier alpha value is -2.63. The van der Waals surface area contributed by atoms with Crippen LogP contribution in [0, 0.1) is 0 Å². The highest BCUT2D eigenvalue weighted by Crippen LogP contribution is 2.17. The fourth-order valence-electron chi connectivity index (χ4n) is 9.45. The summed E-state index contributed by atoms with van der Waals surface area (Å²) in [4.78, 5) is 38.1. The number of carbonyl (C=O) groups excluding carboxylic acids is 3. The molecule has 0 spiro atoms. The lowest BCUT2D eigenvalue weighted by atomic mass is 10.0. The van der Waals surface area contributed by atoms with Crippen molar-refractivity contribution in [2.75, 3.05) is 13.2 Å². The van der Waals surface area contributed by atoms with Gasteiger partial charge in [0.1, 0.15) is 13.2 Å². The minimum absolute atomic E-state index is 0.0747. The van der Waals surface area contributed by atoms with Crippen LogP contribution in [-0.4, -0.2) is 37.2 Å². The Morgan fingerprint density at radius 2 is 0.493 bits per heavy atom. The molecule has 426 valence electrons. The van der Waals surface area contributed by atoms with E-state index in [2.05, 4.69) is 69.4 Å². The topological polar surface area (TPSA) is 78.9 Å². The number of hydrogen-bond acceptors (Lipinski definition) is 6. The first-order valence-electron chi connectivity index (χ1n) is 32.1. The molecule has 0 N–H and O–H groups in total. The summed E-state index contributed by atoms with van der Waals surface area (Å²) >= 11 is 0. The lowest BCUT2D eigenvalue weighted by Gasteiger charge is -2.18. The lowest BCUT2D eigenvalue weighted by Crippen LogP contribution is -2.30. The summed E-state index contributed by atoms with van der Waals surface area (Å²) in [7, 11) is 0. The summed E-state index contributed by atoms with van der Waals surface area (Å²) in [6.45, 7) is 6.61. The molecule has 73 heavy (non-hydrogen) atoms. The minimum atomic E-state index is -0.776. The van der Waals surface area contributed by atoms with Crippen LogP contribution in [0.2, 0.25) is 0 Å². The molecule has 0 aliphatic carbocycles. The molecule has 0 aromatic carbocycles. The zero-order chi connectivity index (χ0) is 52.9. The van der Waals surface area contributed by atoms with Gasteiger partial charge in [-0.3, -0.25) is 14.4 Å². The van der Waals surface area contributed by atoms with Gasteiger partial charge in [0.25, 0.3) is 0 Å². The first-order valence-corrected chi connectivity index (χ1v) is 32.1. The maximum Gasteiger partial charge on any atom is 0.306 e. The number of rotatable bonds is 59. The fourth-order valence-corrected chi connectivity index (χ4v) is 9.45. The highest BCUT2D eigenvalue weighted by molar-refractivity contribution is 5.71. The average Bonchev–Trinajstić information content (AvgIpc) is 3.39. The van der Waals surface area contributed by atoms with Crippen LogP contribution in [0.25, 0.3) is 0 Å². The average molecular weight is 1020 g/mol. The summed E-state index contributed by atoms with van der Waals surface area (Å²) in [5.74, 6) is -0.876. The van der Waals surface area contributed by atoms with Gasteiger partial charge in [0.15, 0.2) is 6.10 Å². The van der Waals surface area contributed by atoms with E-state index in [1.807, 2.05) is 0 Å². The van der Waals surface area contributed by atoms with Gasteiger partial charge in [0.2, 0.25) is 0 Å². The molecule has 0 aromatic rings. The van der Waals surface area contributed by atoms with Gasteiger partial charge in [-0.15, -0.1) is 0 Å². The summed E-state index contributed by atoms with van der Waals surface area (Å²) in [6, 6.07) is 0. The maximum absolute atomic E-state index is 12.8. The van der Waals surface area contributed by atoms with E-state index < -0.39 is 6.10 Å². The molecule has 0 amide bonds. The Labute approximate surface area is 454 Å². The van der Waals surface area contributed by atoms with E-state index in [4.69, 9.17) is 14.2 Å². The molecule has 0 saturated heterocycles. The zero-order valence-corrected chi connectivity index (χ0v) is 48.9. The number of carbonyl (C=O) groups is 3. The Balaban J connectivity index is 4.05. The van der Waals surface area contributed by atoms with E-state index in [-0.39, 0.29) is 31.1 Å². The number of hydrogen-bond donors (Lipinski definition) is 0. The van der Waals surface area contributed by atoms with Crippen molar-refractivity contribution < 1.29 is 28.6 Å². The SMILES string of the molecule is CCCCCC/C=C\C/C=C\CCCCCCCC(=O)OC(COC(=O)CCCCCCCCCC)COC(=O)CCCCCCCCCCCCCCCCCCCCC/C=C\C/C=C\CCCCCCC. The van der Waals surface area contributed by atoms with Gasteiger partial charge in [-0.2, -0.15) is 0 Å². The smallest absolute Gasteiger partial charge is 0.306 e. The van der Waals surface area contributed by atoms with Crippen molar-refractivity contribution in [3.63, 3.8) is 0 Å². The molecule has 1 atom stereocenters. The molecule has 0 rings (SSSR count). The Bertz CT molecular complexity index is 1270. The van der Waals surface area contributed by atoms with Crippen molar-refractivity contribution in [3.8, 4) is 0 Å². The third kappa shape index (κ3) is 60.1. The van der Waals surface area contributed by atoms with Gasteiger partial charge in [-0.1, -0.05) is 288 Å². The van der Waals surface area contributed by atoms with Crippen LogP contribution >= 0.6 is 0 Å². The quantitative estimate of drug-likeness (QED) is 0.0261. The van der Waals surface area contributed by atoms with Gasteiger partial charge >= 0.3 is 17.9 Å². The molecule has 6 heteroatoms. The van der Waals surface area contributed by atoms with Crippen LogP contribution in [0.15, 0.2) is 48.6 Å². The van der Waals surface area contributed by atoms with Crippen molar-refractivity contribution >= 4 is 17.9 Å². The summed E-state index contributed by atoms with van der Waals surface area (Å²) in [5.41, 5.74) is 0. The molecule has 1 unspecified atom stereocenters. The number of unbranched alkanes of at least 4 members (excludes halogenated alkanes) is 40. The molecule has 0 aromatic heterocycles. The summed E-state index contributed by atoms with van der Waals surface area (Å²) < 4.78 is 16.8. The fraction of sp³-hybridized carbons (Fsp3) is 0.836. The van der Waals surface area contributed by atoms with Gasteiger partial charge in [0.05, 0.1) is 0 Å². The van der Waals surface area contributed by atoms with Crippen molar-refractivity contribution in [2.24, 2.45) is 0 Å². The number of allylic oxidation sites excluding steroid dienone is 8. The molecular weight excluding hydrogens is 901 g/mol. The lowest BCUT2D eigenvalue weighted by molar-refractivity contribution is -0.167. The normalized spacial score (nSPS) is 12.3. The van der Waals surface area contributed by atoms with E-state index in [1.165, 1.54) is 212 Å². The standard InChI is InChI=1S/C67H122O6/c1-4-7-10-13-16-19-21-23-25-27-28-29-30-31-32-33-34-35-36-37-38-39-40-41-43-44-46-48-51-54-57-60-66(69)72-63-64(62-71-65(68)59-56-53-50-18-15-12-9-6-3)73-67(70)61-58-55-52-49-47-45-42-26-24-22-20-17-14-11-8-5-2/h20-23,26-28,42,64H,4-19,24-25,29-41,43-63H2,1-3H3/b22-20-,23-21-,28-27-,42-26-. The van der Waals surface area contributed by atoms with E-state index >= 15 is 0 Å². The Morgan fingerprint density at radius 3 is 0.767 bits per heavy atom. The van der Waals surface area contributed by atoms with Crippen molar-refractivity contribution in [1.82, 2.24) is 0 Å². The van der Waals surface area contributed by atoms with Crippen LogP contribution in [-0.2, 0) is 28.6 Å². The molecule has 6 nitrogen and oxygen atoms in total.